The van der Waals surface area contributed by atoms with Gasteiger partial charge in [-0.1, -0.05) is 113 Å². The Labute approximate surface area is 403 Å². The van der Waals surface area contributed by atoms with Crippen molar-refractivity contribution in [3.05, 3.63) is 0 Å². The van der Waals surface area contributed by atoms with E-state index in [1.807, 2.05) is 34.6 Å². The van der Waals surface area contributed by atoms with Gasteiger partial charge in [0.1, 0.15) is 43.7 Å². The van der Waals surface area contributed by atoms with Crippen molar-refractivity contribution in [2.45, 2.75) is 277 Å². The lowest BCUT2D eigenvalue weighted by atomic mass is 9.98. The summed E-state index contributed by atoms with van der Waals surface area (Å²) in [5.41, 5.74) is 0. The van der Waals surface area contributed by atoms with Crippen molar-refractivity contribution in [1.82, 2.24) is 0 Å². The van der Waals surface area contributed by atoms with E-state index < -0.39 is 98.9 Å². The second kappa shape index (κ2) is 28.6. The zero-order chi connectivity index (χ0) is 49.8. The van der Waals surface area contributed by atoms with Crippen LogP contribution in [0.3, 0.4) is 0 Å². The van der Waals surface area contributed by atoms with Gasteiger partial charge in [-0.2, -0.15) is 0 Å². The molecule has 67 heavy (non-hydrogen) atoms. The first-order chi connectivity index (χ1) is 31.6. The van der Waals surface area contributed by atoms with E-state index in [1.165, 1.54) is 0 Å². The van der Waals surface area contributed by atoms with Crippen molar-refractivity contribution in [2.24, 2.45) is 0 Å². The third kappa shape index (κ3) is 20.2. The van der Waals surface area contributed by atoms with Gasteiger partial charge >= 0.3 is 23.9 Å². The van der Waals surface area contributed by atoms with Crippen LogP contribution in [0.5, 0.6) is 0 Å². The summed E-state index contributed by atoms with van der Waals surface area (Å²) in [4.78, 5) is 65.8. The van der Waals surface area contributed by atoms with Crippen LogP contribution in [0.2, 0.25) is 18.1 Å². The molecule has 3 saturated heterocycles. The summed E-state index contributed by atoms with van der Waals surface area (Å²) in [6.07, 6.45) is 2.21. The highest BCUT2D eigenvalue weighted by atomic mass is 28.4. The predicted octanol–water partition coefficient (Wildman–Crippen LogP) is 10.1. The van der Waals surface area contributed by atoms with Gasteiger partial charge in [-0.3, -0.25) is 19.2 Å². The molecule has 3 rings (SSSR count). The molecule has 0 spiro atoms. The Morgan fingerprint density at radius 3 is 1.42 bits per heavy atom. The van der Waals surface area contributed by atoms with Gasteiger partial charge in [-0.15, -0.1) is 0 Å². The van der Waals surface area contributed by atoms with E-state index >= 15 is 0 Å². The maximum Gasteiger partial charge on any atom is 0.306 e. The van der Waals surface area contributed by atoms with Gasteiger partial charge in [0.15, 0.2) is 38.2 Å². The molecule has 16 nitrogen and oxygen atoms in total. The van der Waals surface area contributed by atoms with E-state index in [9.17, 15) is 19.2 Å². The molecule has 0 aliphatic carbocycles. The Bertz CT molecular complexity index is 1480. The highest BCUT2D eigenvalue weighted by molar-refractivity contribution is 6.74. The van der Waals surface area contributed by atoms with Gasteiger partial charge in [-0.25, -0.2) is 9.78 Å². The molecule has 0 unspecified atom stereocenters. The third-order valence-electron chi connectivity index (χ3n) is 12.8. The zero-order valence-electron chi connectivity index (χ0n) is 43.6. The first kappa shape index (κ1) is 59.1. The summed E-state index contributed by atoms with van der Waals surface area (Å²) < 4.78 is 62.9. The lowest BCUT2D eigenvalue weighted by Gasteiger charge is -2.43. The molecule has 0 aromatic carbocycles. The van der Waals surface area contributed by atoms with Crippen LogP contribution in [0.1, 0.15) is 192 Å². The van der Waals surface area contributed by atoms with Crippen molar-refractivity contribution >= 4 is 32.2 Å². The van der Waals surface area contributed by atoms with E-state index in [0.29, 0.717) is 25.7 Å². The lowest BCUT2D eigenvalue weighted by Crippen LogP contribution is -2.63. The molecule has 0 aromatic rings. The fraction of sp³-hybridized carbons (Fsp3) is 0.920. The molecule has 3 aliphatic rings. The minimum absolute atomic E-state index is 0.0276. The molecular weight excluding hydrogens is 885 g/mol. The third-order valence-corrected chi connectivity index (χ3v) is 17.3. The number of unbranched alkanes of at least 4 members (excludes halogenated alkanes) is 10. The SMILES string of the molecule is CCCCCCCC(=O)O[C@@H]1[C@H](OOC[C@@H]2OC(C)(C)O[C@H]2[C@@H]2OC(C)(C)O[C@@H]2CO[Si](C)(C)C(C)(C)C)O[C@H](COC(=O)CCCCC)[C@@H](OC(=O)CCCCC)[C@@H]1OC(=O)CCCCC. The number of hydrogen-bond acceptors (Lipinski definition) is 16. The summed E-state index contributed by atoms with van der Waals surface area (Å²) in [6.45, 7) is 26.1. The van der Waals surface area contributed by atoms with Gasteiger partial charge in [0, 0.05) is 25.7 Å². The van der Waals surface area contributed by atoms with E-state index in [2.05, 4.69) is 40.8 Å². The zero-order valence-corrected chi connectivity index (χ0v) is 44.6. The van der Waals surface area contributed by atoms with Gasteiger partial charge in [-0.05, 0) is 71.5 Å². The fourth-order valence-corrected chi connectivity index (χ4v) is 9.04. The van der Waals surface area contributed by atoms with Gasteiger partial charge < -0.3 is 47.1 Å². The summed E-state index contributed by atoms with van der Waals surface area (Å²) in [5, 5.41) is -0.0276. The molecule has 0 bridgehead atoms. The first-order valence-corrected chi connectivity index (χ1v) is 28.5. The number of carbonyl (C=O) groups excluding carboxylic acids is 4. The second-order valence-corrected chi connectivity index (χ2v) is 25.7. The monoisotopic (exact) mass is 975 g/mol. The number of esters is 4. The predicted molar refractivity (Wildman–Crippen MR) is 253 cm³/mol. The number of rotatable bonds is 31. The minimum atomic E-state index is -2.17. The van der Waals surface area contributed by atoms with Crippen LogP contribution in [0.25, 0.3) is 0 Å². The van der Waals surface area contributed by atoms with Crippen molar-refractivity contribution < 1.29 is 76.0 Å². The van der Waals surface area contributed by atoms with Crippen LogP contribution in [0.4, 0.5) is 0 Å². The lowest BCUT2D eigenvalue weighted by molar-refractivity contribution is -0.429. The normalized spacial score (nSPS) is 27.1. The summed E-state index contributed by atoms with van der Waals surface area (Å²) in [7, 11) is -2.17. The van der Waals surface area contributed by atoms with Crippen molar-refractivity contribution in [2.75, 3.05) is 19.8 Å². The number of hydrogen-bond donors (Lipinski definition) is 0. The minimum Gasteiger partial charge on any atom is -0.463 e. The standard InChI is InChI=1S/C50H90O16Si/c1-14-18-22-23-27-31-41(54)61-46-45(60-40(53)30-26-21-17-4)42(59-39(52)29-25-20-16-3)35(32-55-38(51)28-24-19-15-2)58-47(46)66-56-33-36-43(64-49(8,9)62-36)44-37(63-50(10,11)65-44)34-57-67(12,13)48(5,6)7/h35-37,42-47H,14-34H2,1-13H3/t35-,36+,37-,42-,43-,44-,45+,46+,47+/m1/s1. The highest BCUT2D eigenvalue weighted by Gasteiger charge is 2.56. The van der Waals surface area contributed by atoms with E-state index in [-0.39, 0.29) is 50.5 Å². The van der Waals surface area contributed by atoms with Crippen LogP contribution in [-0.4, -0.2) is 119 Å². The Kier molecular flexibility index (Phi) is 25.2. The van der Waals surface area contributed by atoms with Gasteiger partial charge in [0.05, 0.1) is 6.61 Å². The average molecular weight is 975 g/mol. The maximum absolute atomic E-state index is 13.7. The molecule has 0 radical (unpaired) electrons. The Morgan fingerprint density at radius 1 is 0.507 bits per heavy atom. The van der Waals surface area contributed by atoms with Crippen LogP contribution in [0.15, 0.2) is 0 Å². The van der Waals surface area contributed by atoms with Gasteiger partial charge in [0.25, 0.3) is 0 Å². The topological polar surface area (TPSA) is 179 Å². The van der Waals surface area contributed by atoms with Crippen LogP contribution < -0.4 is 0 Å². The molecular formula is C50H90O16Si. The van der Waals surface area contributed by atoms with Crippen LogP contribution in [0, 0.1) is 0 Å². The molecule has 390 valence electrons. The molecule has 0 amide bonds. The molecule has 9 atom stereocenters. The van der Waals surface area contributed by atoms with E-state index in [4.69, 9.17) is 56.8 Å². The summed E-state index contributed by atoms with van der Waals surface area (Å²) in [6, 6.07) is 0. The second-order valence-electron chi connectivity index (χ2n) is 20.9. The van der Waals surface area contributed by atoms with E-state index in [0.717, 1.165) is 64.2 Å². The Morgan fingerprint density at radius 2 is 0.925 bits per heavy atom. The average Bonchev–Trinajstić information content (AvgIpc) is 3.73. The molecule has 3 aliphatic heterocycles. The summed E-state index contributed by atoms with van der Waals surface area (Å²) >= 11 is 0. The molecule has 3 heterocycles. The maximum atomic E-state index is 13.7. The summed E-state index contributed by atoms with van der Waals surface area (Å²) in [5.74, 6) is -4.19. The molecule has 0 saturated carbocycles. The van der Waals surface area contributed by atoms with Crippen LogP contribution in [-0.2, 0) is 76.0 Å². The number of ether oxygens (including phenoxy) is 9. The molecule has 0 N–H and O–H groups in total. The first-order valence-electron chi connectivity index (χ1n) is 25.6. The smallest absolute Gasteiger partial charge is 0.306 e. The van der Waals surface area contributed by atoms with Crippen molar-refractivity contribution in [3.8, 4) is 0 Å². The Hall–Kier alpha value is -2.22. The quantitative estimate of drug-likeness (QED) is 0.0160. The molecule has 3 fully saturated rings. The van der Waals surface area contributed by atoms with Crippen molar-refractivity contribution in [3.63, 3.8) is 0 Å². The fourth-order valence-electron chi connectivity index (χ4n) is 8.02. The van der Waals surface area contributed by atoms with Crippen molar-refractivity contribution in [1.29, 1.82) is 0 Å². The highest BCUT2D eigenvalue weighted by Crippen LogP contribution is 2.41. The van der Waals surface area contributed by atoms with E-state index in [1.54, 1.807) is 13.8 Å². The largest absolute Gasteiger partial charge is 0.463 e. The number of carbonyl (C=O) groups is 4. The Balaban J connectivity index is 1.99. The molecule has 0 aromatic heterocycles. The van der Waals surface area contributed by atoms with Gasteiger partial charge in [0.2, 0.25) is 6.29 Å². The molecule has 17 heteroatoms. The van der Waals surface area contributed by atoms with Crippen LogP contribution >= 0.6 is 0 Å².